The molecule has 5 heteroatoms. The van der Waals surface area contributed by atoms with Crippen molar-refractivity contribution >= 4 is 5.82 Å². The van der Waals surface area contributed by atoms with Gasteiger partial charge in [-0.1, -0.05) is 20.3 Å². The summed E-state index contributed by atoms with van der Waals surface area (Å²) in [6.45, 7) is 5.27. The van der Waals surface area contributed by atoms with E-state index in [1.165, 1.54) is 12.8 Å². The Morgan fingerprint density at radius 2 is 2.10 bits per heavy atom. The Morgan fingerprint density at radius 3 is 2.81 bits per heavy atom. The first-order chi connectivity index (χ1) is 10.3. The van der Waals surface area contributed by atoms with E-state index in [9.17, 15) is 0 Å². The summed E-state index contributed by atoms with van der Waals surface area (Å²) < 4.78 is 2.22. The Labute approximate surface area is 125 Å². The van der Waals surface area contributed by atoms with Crippen LogP contribution in [0.2, 0.25) is 0 Å². The van der Waals surface area contributed by atoms with Crippen LogP contribution in [-0.2, 0) is 6.42 Å². The number of nitrogens with one attached hydrogen (secondary N) is 1. The molecule has 2 aromatic rings. The largest absolute Gasteiger partial charge is 0.370 e. The van der Waals surface area contributed by atoms with E-state index in [-0.39, 0.29) is 0 Å². The van der Waals surface area contributed by atoms with Crippen molar-refractivity contribution in [1.29, 1.82) is 0 Å². The highest BCUT2D eigenvalue weighted by Gasteiger charge is 2.26. The Balaban J connectivity index is 1.95. The quantitative estimate of drug-likeness (QED) is 0.846. The molecular formula is C16H23N5. The molecule has 0 atom stereocenters. The molecule has 0 radical (unpaired) electrons. The van der Waals surface area contributed by atoms with Gasteiger partial charge in [0.15, 0.2) is 5.82 Å². The van der Waals surface area contributed by atoms with E-state index in [0.29, 0.717) is 6.04 Å². The molecule has 112 valence electrons. The molecular weight excluding hydrogens is 262 g/mol. The first kappa shape index (κ1) is 14.0. The SMILES string of the molecule is CCCNc1cc(CCC)nc(-c2cncn2C2CC2)n1. The van der Waals surface area contributed by atoms with Gasteiger partial charge >= 0.3 is 0 Å². The van der Waals surface area contributed by atoms with E-state index in [1.807, 2.05) is 12.5 Å². The predicted octanol–water partition coefficient (Wildman–Crippen LogP) is 3.45. The van der Waals surface area contributed by atoms with Crippen LogP contribution in [0.3, 0.4) is 0 Å². The summed E-state index contributed by atoms with van der Waals surface area (Å²) in [6, 6.07) is 2.66. The van der Waals surface area contributed by atoms with Crippen LogP contribution in [-0.4, -0.2) is 26.1 Å². The third kappa shape index (κ3) is 3.23. The molecule has 0 aliphatic heterocycles. The van der Waals surface area contributed by atoms with Crippen molar-refractivity contribution in [3.8, 4) is 11.5 Å². The monoisotopic (exact) mass is 285 g/mol. The zero-order valence-corrected chi connectivity index (χ0v) is 12.8. The van der Waals surface area contributed by atoms with Crippen LogP contribution >= 0.6 is 0 Å². The highest BCUT2D eigenvalue weighted by molar-refractivity contribution is 5.53. The van der Waals surface area contributed by atoms with E-state index in [1.54, 1.807) is 0 Å². The lowest BCUT2D eigenvalue weighted by Crippen LogP contribution is -2.07. The number of aromatic nitrogens is 4. The Bertz CT molecular complexity index is 600. The summed E-state index contributed by atoms with van der Waals surface area (Å²) in [7, 11) is 0. The first-order valence-electron chi connectivity index (χ1n) is 7.95. The molecule has 0 amide bonds. The molecule has 0 aromatic carbocycles. The molecule has 3 rings (SSSR count). The van der Waals surface area contributed by atoms with E-state index in [4.69, 9.17) is 4.98 Å². The Morgan fingerprint density at radius 1 is 1.24 bits per heavy atom. The molecule has 2 heterocycles. The zero-order valence-electron chi connectivity index (χ0n) is 12.8. The number of hydrogen-bond acceptors (Lipinski definition) is 4. The molecule has 1 fully saturated rings. The molecule has 0 bridgehead atoms. The van der Waals surface area contributed by atoms with Crippen LogP contribution in [0, 0.1) is 0 Å². The standard InChI is InChI=1S/C16H23N5/c1-3-5-12-9-15(18-8-4-2)20-16(19-12)14-10-17-11-21(14)13-6-7-13/h9-11,13H,3-8H2,1-2H3,(H,18,19,20). The summed E-state index contributed by atoms with van der Waals surface area (Å²) in [5.41, 5.74) is 2.14. The van der Waals surface area contributed by atoms with E-state index in [2.05, 4.69) is 39.8 Å². The van der Waals surface area contributed by atoms with Crippen molar-refractivity contribution in [1.82, 2.24) is 19.5 Å². The van der Waals surface area contributed by atoms with Crippen LogP contribution in [0.15, 0.2) is 18.6 Å². The minimum atomic E-state index is 0.591. The number of rotatable bonds is 7. The molecule has 1 saturated carbocycles. The third-order valence-electron chi connectivity index (χ3n) is 3.68. The lowest BCUT2D eigenvalue weighted by atomic mass is 10.2. The fraction of sp³-hybridized carbons (Fsp3) is 0.562. The molecule has 1 aliphatic carbocycles. The maximum Gasteiger partial charge on any atom is 0.180 e. The van der Waals surface area contributed by atoms with Crippen LogP contribution < -0.4 is 5.32 Å². The number of hydrogen-bond donors (Lipinski definition) is 1. The predicted molar refractivity (Wildman–Crippen MR) is 84.3 cm³/mol. The van der Waals surface area contributed by atoms with Crippen LogP contribution in [0.5, 0.6) is 0 Å². The Kier molecular flexibility index (Phi) is 4.18. The van der Waals surface area contributed by atoms with E-state index < -0.39 is 0 Å². The van der Waals surface area contributed by atoms with Crippen LogP contribution in [0.1, 0.15) is 51.3 Å². The second kappa shape index (κ2) is 6.24. The van der Waals surface area contributed by atoms with E-state index in [0.717, 1.165) is 48.8 Å². The van der Waals surface area contributed by atoms with Crippen molar-refractivity contribution in [3.63, 3.8) is 0 Å². The van der Waals surface area contributed by atoms with Gasteiger partial charge in [-0.25, -0.2) is 15.0 Å². The molecule has 21 heavy (non-hydrogen) atoms. The molecule has 0 unspecified atom stereocenters. The number of aryl methyl sites for hydroxylation is 1. The van der Waals surface area contributed by atoms with Crippen molar-refractivity contribution in [2.24, 2.45) is 0 Å². The van der Waals surface area contributed by atoms with Gasteiger partial charge in [0, 0.05) is 24.3 Å². The maximum absolute atomic E-state index is 4.73. The normalized spacial score (nSPS) is 14.4. The topological polar surface area (TPSA) is 55.6 Å². The summed E-state index contributed by atoms with van der Waals surface area (Å²) in [5.74, 6) is 1.72. The summed E-state index contributed by atoms with van der Waals surface area (Å²) in [6.07, 6.45) is 9.41. The van der Waals surface area contributed by atoms with Gasteiger partial charge in [-0.2, -0.15) is 0 Å². The maximum atomic E-state index is 4.73. The van der Waals surface area contributed by atoms with E-state index >= 15 is 0 Å². The number of imidazole rings is 1. The fourth-order valence-electron chi connectivity index (χ4n) is 2.46. The van der Waals surface area contributed by atoms with Gasteiger partial charge in [-0.15, -0.1) is 0 Å². The number of anilines is 1. The molecule has 1 aliphatic rings. The highest BCUT2D eigenvalue weighted by atomic mass is 15.1. The van der Waals surface area contributed by atoms with Gasteiger partial charge in [0.25, 0.3) is 0 Å². The minimum Gasteiger partial charge on any atom is -0.370 e. The van der Waals surface area contributed by atoms with Crippen LogP contribution in [0.25, 0.3) is 11.5 Å². The zero-order chi connectivity index (χ0) is 14.7. The van der Waals surface area contributed by atoms with Crippen molar-refractivity contribution < 1.29 is 0 Å². The van der Waals surface area contributed by atoms with Gasteiger partial charge in [0.1, 0.15) is 11.5 Å². The molecule has 1 N–H and O–H groups in total. The lowest BCUT2D eigenvalue weighted by molar-refractivity contribution is 0.741. The highest BCUT2D eigenvalue weighted by Crippen LogP contribution is 2.37. The van der Waals surface area contributed by atoms with Crippen molar-refractivity contribution in [2.75, 3.05) is 11.9 Å². The van der Waals surface area contributed by atoms with Crippen LogP contribution in [0.4, 0.5) is 5.82 Å². The second-order valence-electron chi connectivity index (χ2n) is 5.66. The molecule has 2 aromatic heterocycles. The average Bonchev–Trinajstić information content (AvgIpc) is 3.22. The summed E-state index contributed by atoms with van der Waals surface area (Å²) in [5, 5.41) is 3.38. The first-order valence-corrected chi connectivity index (χ1v) is 7.95. The molecule has 0 saturated heterocycles. The van der Waals surface area contributed by atoms with Gasteiger partial charge in [0.05, 0.1) is 12.5 Å². The lowest BCUT2D eigenvalue weighted by Gasteiger charge is -2.10. The smallest absolute Gasteiger partial charge is 0.180 e. The summed E-state index contributed by atoms with van der Waals surface area (Å²) in [4.78, 5) is 13.7. The summed E-state index contributed by atoms with van der Waals surface area (Å²) >= 11 is 0. The minimum absolute atomic E-state index is 0.591. The Hall–Kier alpha value is -1.91. The van der Waals surface area contributed by atoms with Gasteiger partial charge < -0.3 is 9.88 Å². The van der Waals surface area contributed by atoms with Gasteiger partial charge in [-0.3, -0.25) is 0 Å². The van der Waals surface area contributed by atoms with Crippen molar-refractivity contribution in [2.45, 2.75) is 52.0 Å². The van der Waals surface area contributed by atoms with Gasteiger partial charge in [-0.05, 0) is 25.7 Å². The average molecular weight is 285 g/mol. The van der Waals surface area contributed by atoms with Crippen molar-refractivity contribution in [3.05, 3.63) is 24.3 Å². The molecule has 0 spiro atoms. The van der Waals surface area contributed by atoms with Gasteiger partial charge in [0.2, 0.25) is 0 Å². The number of nitrogens with zero attached hydrogens (tertiary/aromatic N) is 4. The molecule has 5 nitrogen and oxygen atoms in total. The fourth-order valence-corrected chi connectivity index (χ4v) is 2.46. The third-order valence-corrected chi connectivity index (χ3v) is 3.68. The second-order valence-corrected chi connectivity index (χ2v) is 5.66.